The van der Waals surface area contributed by atoms with Gasteiger partial charge < -0.3 is 9.55 Å². The van der Waals surface area contributed by atoms with Gasteiger partial charge in [-0.3, -0.25) is 4.79 Å². The van der Waals surface area contributed by atoms with Crippen LogP contribution >= 0.6 is 11.8 Å². The van der Waals surface area contributed by atoms with Gasteiger partial charge in [0.15, 0.2) is 16.0 Å². The molecule has 8 nitrogen and oxygen atoms in total. The Morgan fingerprint density at radius 1 is 1.25 bits per heavy atom. The van der Waals surface area contributed by atoms with Gasteiger partial charge in [0, 0.05) is 12.5 Å². The predicted octanol–water partition coefficient (Wildman–Crippen LogP) is 2.91. The van der Waals surface area contributed by atoms with E-state index in [2.05, 4.69) is 31.8 Å². The van der Waals surface area contributed by atoms with Gasteiger partial charge in [0.25, 0.3) is 5.56 Å². The number of hydrogen-bond donors (Lipinski definition) is 1. The minimum atomic E-state index is -0.230. The first kappa shape index (κ1) is 16.9. The van der Waals surface area contributed by atoms with Crippen molar-refractivity contribution in [1.82, 2.24) is 34.5 Å². The largest absolute Gasteiger partial charge is 0.302 e. The molecule has 0 atom stereocenters. The Balaban J connectivity index is 1.57. The Morgan fingerprint density at radius 3 is 2.82 bits per heavy atom. The molecular formula is C19H17N7OS. The number of nitrogens with one attached hydrogen (secondary N) is 1. The van der Waals surface area contributed by atoms with E-state index in [-0.39, 0.29) is 5.56 Å². The summed E-state index contributed by atoms with van der Waals surface area (Å²) < 4.78 is 3.70. The third kappa shape index (κ3) is 2.93. The van der Waals surface area contributed by atoms with Crippen LogP contribution in [-0.2, 0) is 6.54 Å². The van der Waals surface area contributed by atoms with Crippen LogP contribution in [0.3, 0.4) is 0 Å². The van der Waals surface area contributed by atoms with Crippen molar-refractivity contribution in [3.8, 4) is 5.69 Å². The van der Waals surface area contributed by atoms with Crippen LogP contribution in [0.2, 0.25) is 0 Å². The standard InChI is InChI=1S/C19H17N7OS/c1-2-10-25-15(12-8-9-12)23-24-19(25)28-18-21-16-14(17(27)22-18)11-20-26(16)13-6-4-3-5-7-13/h2-7,11-12H,1,8-10H2,(H,21,22,27). The van der Waals surface area contributed by atoms with E-state index in [0.717, 1.165) is 24.4 Å². The van der Waals surface area contributed by atoms with Crippen LogP contribution in [0.5, 0.6) is 0 Å². The van der Waals surface area contributed by atoms with Gasteiger partial charge in [0.1, 0.15) is 11.2 Å². The molecule has 1 saturated carbocycles. The zero-order valence-electron chi connectivity index (χ0n) is 14.9. The number of para-hydroxylation sites is 1. The van der Waals surface area contributed by atoms with E-state index in [1.807, 2.05) is 41.0 Å². The first-order valence-corrected chi connectivity index (χ1v) is 9.81. The lowest BCUT2D eigenvalue weighted by Gasteiger charge is -2.07. The number of H-pyrrole nitrogens is 1. The number of fused-ring (bicyclic) bond motifs is 1. The van der Waals surface area contributed by atoms with Gasteiger partial charge in [-0.25, -0.2) is 9.67 Å². The van der Waals surface area contributed by atoms with Gasteiger partial charge in [0.2, 0.25) is 0 Å². The summed E-state index contributed by atoms with van der Waals surface area (Å²) in [7, 11) is 0. The molecule has 28 heavy (non-hydrogen) atoms. The van der Waals surface area contributed by atoms with Crippen LogP contribution in [0.4, 0.5) is 0 Å². The molecule has 1 N–H and O–H groups in total. The Labute approximate surface area is 164 Å². The summed E-state index contributed by atoms with van der Waals surface area (Å²) in [5.41, 5.74) is 1.12. The molecule has 4 aromatic rings. The lowest BCUT2D eigenvalue weighted by atomic mass is 10.3. The van der Waals surface area contributed by atoms with Crippen LogP contribution in [-0.4, -0.2) is 34.5 Å². The molecule has 0 unspecified atom stereocenters. The summed E-state index contributed by atoms with van der Waals surface area (Å²) in [5.74, 6) is 1.44. The molecule has 0 spiro atoms. The SMILES string of the molecule is C=CCn1c(Sc2nc3c(cnn3-c3ccccc3)c(=O)[nH]2)nnc1C1CC1. The van der Waals surface area contributed by atoms with E-state index < -0.39 is 0 Å². The van der Waals surface area contributed by atoms with Crippen LogP contribution in [0.15, 0.2) is 64.3 Å². The normalized spacial score (nSPS) is 13.9. The summed E-state index contributed by atoms with van der Waals surface area (Å²) in [6, 6.07) is 9.61. The minimum Gasteiger partial charge on any atom is -0.302 e. The molecule has 0 saturated heterocycles. The topological polar surface area (TPSA) is 94.3 Å². The third-order valence-electron chi connectivity index (χ3n) is 4.60. The van der Waals surface area contributed by atoms with Crippen molar-refractivity contribution in [2.45, 2.75) is 35.6 Å². The van der Waals surface area contributed by atoms with Crippen molar-refractivity contribution in [3.63, 3.8) is 0 Å². The molecule has 1 aromatic carbocycles. The zero-order chi connectivity index (χ0) is 19.1. The van der Waals surface area contributed by atoms with Crippen LogP contribution in [0, 0.1) is 0 Å². The Kier molecular flexibility index (Phi) is 4.09. The molecule has 140 valence electrons. The smallest absolute Gasteiger partial charge is 0.262 e. The molecule has 5 rings (SSSR count). The van der Waals surface area contributed by atoms with Crippen molar-refractivity contribution in [3.05, 3.63) is 65.4 Å². The second-order valence-corrected chi connectivity index (χ2v) is 7.57. The van der Waals surface area contributed by atoms with E-state index in [1.165, 1.54) is 18.0 Å². The number of nitrogens with zero attached hydrogens (tertiary/aromatic N) is 6. The highest BCUT2D eigenvalue weighted by Crippen LogP contribution is 2.40. The molecule has 3 heterocycles. The summed E-state index contributed by atoms with van der Waals surface area (Å²) in [4.78, 5) is 20.0. The maximum absolute atomic E-state index is 12.5. The molecule has 9 heteroatoms. The third-order valence-corrected chi connectivity index (χ3v) is 5.48. The molecule has 1 fully saturated rings. The Morgan fingerprint density at radius 2 is 2.07 bits per heavy atom. The molecule has 0 aliphatic heterocycles. The van der Waals surface area contributed by atoms with Crippen LogP contribution < -0.4 is 5.56 Å². The summed E-state index contributed by atoms with van der Waals surface area (Å²) >= 11 is 1.29. The van der Waals surface area contributed by atoms with Crippen LogP contribution in [0.1, 0.15) is 24.6 Å². The molecule has 3 aromatic heterocycles. The molecule has 0 radical (unpaired) electrons. The summed E-state index contributed by atoms with van der Waals surface area (Å²) in [6.07, 6.45) is 5.63. The number of aromatic nitrogens is 7. The van der Waals surface area contributed by atoms with Gasteiger partial charge in [0.05, 0.1) is 11.9 Å². The van der Waals surface area contributed by atoms with E-state index in [9.17, 15) is 4.79 Å². The monoisotopic (exact) mass is 391 g/mol. The van der Waals surface area contributed by atoms with Crippen molar-refractivity contribution < 1.29 is 0 Å². The molecule has 0 bridgehead atoms. The fourth-order valence-corrected chi connectivity index (χ4v) is 3.92. The van der Waals surface area contributed by atoms with E-state index in [4.69, 9.17) is 0 Å². The number of aromatic amines is 1. The molecular weight excluding hydrogens is 374 g/mol. The lowest BCUT2D eigenvalue weighted by Crippen LogP contribution is -2.10. The number of hydrogen-bond acceptors (Lipinski definition) is 6. The van der Waals surface area contributed by atoms with E-state index >= 15 is 0 Å². The fraction of sp³-hybridized carbons (Fsp3) is 0.211. The van der Waals surface area contributed by atoms with Gasteiger partial charge in [-0.05, 0) is 36.7 Å². The maximum Gasteiger partial charge on any atom is 0.262 e. The zero-order valence-corrected chi connectivity index (χ0v) is 15.8. The molecule has 1 aliphatic rings. The average Bonchev–Trinajstić information content (AvgIpc) is 3.34. The quantitative estimate of drug-likeness (QED) is 0.401. The van der Waals surface area contributed by atoms with Crippen molar-refractivity contribution >= 4 is 22.8 Å². The van der Waals surface area contributed by atoms with Gasteiger partial charge in [-0.15, -0.1) is 16.8 Å². The number of allylic oxidation sites excluding steroid dienone is 1. The second kappa shape index (κ2) is 6.75. The van der Waals surface area contributed by atoms with Crippen molar-refractivity contribution in [1.29, 1.82) is 0 Å². The van der Waals surface area contributed by atoms with Gasteiger partial charge in [-0.2, -0.15) is 5.10 Å². The average molecular weight is 391 g/mol. The first-order valence-electron chi connectivity index (χ1n) is 9.00. The van der Waals surface area contributed by atoms with E-state index in [1.54, 1.807) is 4.68 Å². The highest BCUT2D eigenvalue weighted by molar-refractivity contribution is 7.99. The lowest BCUT2D eigenvalue weighted by molar-refractivity contribution is 0.680. The highest BCUT2D eigenvalue weighted by atomic mass is 32.2. The Bertz CT molecular complexity index is 1220. The highest BCUT2D eigenvalue weighted by Gasteiger charge is 2.30. The number of rotatable bonds is 6. The summed E-state index contributed by atoms with van der Waals surface area (Å²) in [5, 5.41) is 14.6. The number of benzene rings is 1. The fourth-order valence-electron chi connectivity index (χ4n) is 3.11. The van der Waals surface area contributed by atoms with Crippen molar-refractivity contribution in [2.75, 3.05) is 0 Å². The second-order valence-electron chi connectivity index (χ2n) is 6.62. The minimum absolute atomic E-state index is 0.230. The van der Waals surface area contributed by atoms with Crippen molar-refractivity contribution in [2.24, 2.45) is 0 Å². The Hall–Kier alpha value is -3.20. The van der Waals surface area contributed by atoms with E-state index in [0.29, 0.717) is 33.8 Å². The predicted molar refractivity (Wildman–Crippen MR) is 106 cm³/mol. The first-order chi connectivity index (χ1) is 13.7. The maximum atomic E-state index is 12.5. The van der Waals surface area contributed by atoms with Gasteiger partial charge >= 0.3 is 0 Å². The molecule has 0 amide bonds. The summed E-state index contributed by atoms with van der Waals surface area (Å²) in [6.45, 7) is 4.45. The van der Waals surface area contributed by atoms with Gasteiger partial charge in [-0.1, -0.05) is 24.3 Å². The molecule has 1 aliphatic carbocycles. The van der Waals surface area contributed by atoms with Crippen LogP contribution in [0.25, 0.3) is 16.7 Å².